The van der Waals surface area contributed by atoms with E-state index in [0.717, 1.165) is 4.90 Å². The molecule has 1 atom stereocenters. The van der Waals surface area contributed by atoms with Gasteiger partial charge in [0.1, 0.15) is 18.3 Å². The Morgan fingerprint density at radius 1 is 1.38 bits per heavy atom. The zero-order valence-corrected chi connectivity index (χ0v) is 11.8. The molecule has 1 N–H and O–H groups in total. The number of piperazine rings is 1. The molecule has 21 heavy (non-hydrogen) atoms. The van der Waals surface area contributed by atoms with Gasteiger partial charge in [0.15, 0.2) is 0 Å². The van der Waals surface area contributed by atoms with Gasteiger partial charge >= 0.3 is 5.97 Å². The Morgan fingerprint density at radius 2 is 2.05 bits per heavy atom. The van der Waals surface area contributed by atoms with Crippen molar-refractivity contribution < 1.29 is 24.2 Å². The van der Waals surface area contributed by atoms with Crippen molar-refractivity contribution in [2.45, 2.75) is 13.0 Å². The minimum Gasteiger partial charge on any atom is -0.495 e. The molecule has 7 heteroatoms. The largest absolute Gasteiger partial charge is 0.495 e. The molecule has 0 aromatic heterocycles. The second-order valence-corrected chi connectivity index (χ2v) is 4.69. The second-order valence-electron chi connectivity index (χ2n) is 4.69. The molecule has 1 unspecified atom stereocenters. The molecule has 1 aromatic rings. The van der Waals surface area contributed by atoms with E-state index < -0.39 is 30.4 Å². The maximum Gasteiger partial charge on any atom is 0.323 e. The lowest BCUT2D eigenvalue weighted by molar-refractivity contribution is -0.154. The lowest BCUT2D eigenvalue weighted by Gasteiger charge is -2.38. The molecule has 1 heterocycles. The molecule has 7 nitrogen and oxygen atoms in total. The number of carboxylic acid groups (broad SMARTS) is 1. The number of hydrogen-bond donors (Lipinski definition) is 1. The fourth-order valence-corrected chi connectivity index (χ4v) is 2.31. The number of carbonyl (C=O) groups excluding carboxylic acids is 2. The van der Waals surface area contributed by atoms with Gasteiger partial charge in [-0.15, -0.1) is 0 Å². The third-order valence-corrected chi connectivity index (χ3v) is 3.39. The summed E-state index contributed by atoms with van der Waals surface area (Å²) in [6.45, 7) is 0.957. The van der Waals surface area contributed by atoms with E-state index in [2.05, 4.69) is 0 Å². The summed E-state index contributed by atoms with van der Waals surface area (Å²) in [5.41, 5.74) is 0.629. The number of anilines is 1. The number of rotatable bonds is 4. The third kappa shape index (κ3) is 2.81. The van der Waals surface area contributed by atoms with Crippen LogP contribution in [0.2, 0.25) is 0 Å². The summed E-state index contributed by atoms with van der Waals surface area (Å²) in [5, 5.41) is 8.77. The first-order chi connectivity index (χ1) is 9.95. The van der Waals surface area contributed by atoms with E-state index in [1.165, 1.54) is 7.11 Å². The van der Waals surface area contributed by atoms with Gasteiger partial charge < -0.3 is 14.7 Å². The van der Waals surface area contributed by atoms with Gasteiger partial charge in [0.05, 0.1) is 19.3 Å². The summed E-state index contributed by atoms with van der Waals surface area (Å²) >= 11 is 0. The van der Waals surface area contributed by atoms with Gasteiger partial charge in [-0.3, -0.25) is 19.3 Å². The van der Waals surface area contributed by atoms with E-state index >= 15 is 0 Å². The summed E-state index contributed by atoms with van der Waals surface area (Å²) in [7, 11) is 1.51. The quantitative estimate of drug-likeness (QED) is 0.805. The number of hydrogen-bond acceptors (Lipinski definition) is 5. The summed E-state index contributed by atoms with van der Waals surface area (Å²) in [6.07, 6.45) is 0. The van der Waals surface area contributed by atoms with Crippen LogP contribution >= 0.6 is 0 Å². The molecule has 1 aromatic carbocycles. The maximum atomic E-state index is 12.2. The average Bonchev–Trinajstić information content (AvgIpc) is 2.47. The van der Waals surface area contributed by atoms with E-state index in [1.54, 1.807) is 36.1 Å². The van der Waals surface area contributed by atoms with Crippen LogP contribution in [0.15, 0.2) is 24.3 Å². The molecule has 2 amide bonds. The van der Waals surface area contributed by atoms with Crippen LogP contribution in [0.1, 0.15) is 6.92 Å². The maximum absolute atomic E-state index is 12.2. The first-order valence-corrected chi connectivity index (χ1v) is 6.41. The van der Waals surface area contributed by atoms with Crippen molar-refractivity contribution in [1.29, 1.82) is 0 Å². The number of aliphatic carboxylic acids is 1. The first-order valence-electron chi connectivity index (χ1n) is 6.41. The molecule has 1 aliphatic heterocycles. The summed E-state index contributed by atoms with van der Waals surface area (Å²) in [5.74, 6) is -1.72. The fourth-order valence-electron chi connectivity index (χ4n) is 2.31. The topological polar surface area (TPSA) is 87.2 Å². The number of methoxy groups -OCH3 is 1. The minimum absolute atomic E-state index is 0.0689. The summed E-state index contributed by atoms with van der Waals surface area (Å²) in [4.78, 5) is 37.4. The summed E-state index contributed by atoms with van der Waals surface area (Å²) < 4.78 is 5.24. The van der Waals surface area contributed by atoms with Gasteiger partial charge in [-0.1, -0.05) is 12.1 Å². The van der Waals surface area contributed by atoms with Crippen LogP contribution in [0.5, 0.6) is 5.75 Å². The Balaban J connectivity index is 2.31. The number of carbonyl (C=O) groups is 3. The zero-order chi connectivity index (χ0) is 15.6. The lowest BCUT2D eigenvalue weighted by atomic mass is 10.1. The van der Waals surface area contributed by atoms with Crippen molar-refractivity contribution >= 4 is 23.5 Å². The van der Waals surface area contributed by atoms with Crippen LogP contribution in [-0.4, -0.2) is 54.0 Å². The molecule has 1 aliphatic rings. The van der Waals surface area contributed by atoms with Gasteiger partial charge in [0, 0.05) is 0 Å². The zero-order valence-electron chi connectivity index (χ0n) is 11.8. The SMILES string of the molecule is COc1ccccc1N1CC(=O)N(CC(=O)O)C(=O)C1C. The number of nitrogens with zero attached hydrogens (tertiary/aromatic N) is 2. The van der Waals surface area contributed by atoms with E-state index in [1.807, 2.05) is 0 Å². The van der Waals surface area contributed by atoms with Crippen molar-refractivity contribution in [2.75, 3.05) is 25.1 Å². The Morgan fingerprint density at radius 3 is 2.67 bits per heavy atom. The van der Waals surface area contributed by atoms with Gasteiger partial charge in [-0.2, -0.15) is 0 Å². The number of amides is 2. The third-order valence-electron chi connectivity index (χ3n) is 3.39. The monoisotopic (exact) mass is 292 g/mol. The van der Waals surface area contributed by atoms with Gasteiger partial charge in [-0.25, -0.2) is 0 Å². The van der Waals surface area contributed by atoms with Crippen molar-refractivity contribution in [3.63, 3.8) is 0 Å². The van der Waals surface area contributed by atoms with E-state index in [4.69, 9.17) is 9.84 Å². The van der Waals surface area contributed by atoms with Gasteiger partial charge in [-0.05, 0) is 19.1 Å². The number of imide groups is 1. The number of carboxylic acids is 1. The molecule has 1 fully saturated rings. The fraction of sp³-hybridized carbons (Fsp3) is 0.357. The Bertz CT molecular complexity index is 586. The standard InChI is InChI=1S/C14H16N2O5/c1-9-14(20)16(8-13(18)19)12(17)7-15(9)10-5-3-4-6-11(10)21-2/h3-6,9H,7-8H2,1-2H3,(H,18,19). The molecular weight excluding hydrogens is 276 g/mol. The number of para-hydroxylation sites is 2. The van der Waals surface area contributed by atoms with Crippen molar-refractivity contribution in [3.8, 4) is 5.75 Å². The van der Waals surface area contributed by atoms with Gasteiger partial charge in [0.2, 0.25) is 5.91 Å². The average molecular weight is 292 g/mol. The predicted octanol–water partition coefficient (Wildman–Crippen LogP) is 0.343. The lowest BCUT2D eigenvalue weighted by Crippen LogP contribution is -2.60. The van der Waals surface area contributed by atoms with Gasteiger partial charge in [0.25, 0.3) is 5.91 Å². The molecule has 0 saturated carbocycles. The molecular formula is C14H16N2O5. The molecule has 2 rings (SSSR count). The van der Waals surface area contributed by atoms with Crippen LogP contribution in [-0.2, 0) is 14.4 Å². The number of ether oxygens (including phenoxy) is 1. The predicted molar refractivity (Wildman–Crippen MR) is 74.2 cm³/mol. The molecule has 112 valence electrons. The highest BCUT2D eigenvalue weighted by atomic mass is 16.5. The Hall–Kier alpha value is -2.57. The smallest absolute Gasteiger partial charge is 0.323 e. The van der Waals surface area contributed by atoms with Crippen molar-refractivity contribution in [2.24, 2.45) is 0 Å². The molecule has 1 saturated heterocycles. The van der Waals surface area contributed by atoms with Crippen LogP contribution in [0.4, 0.5) is 5.69 Å². The van der Waals surface area contributed by atoms with Crippen LogP contribution in [0.3, 0.4) is 0 Å². The Labute approximate surface area is 121 Å². The summed E-state index contributed by atoms with van der Waals surface area (Å²) in [6, 6.07) is 6.42. The van der Waals surface area contributed by atoms with E-state index in [-0.39, 0.29) is 6.54 Å². The molecule has 0 radical (unpaired) electrons. The van der Waals surface area contributed by atoms with Crippen LogP contribution in [0.25, 0.3) is 0 Å². The normalized spacial score (nSPS) is 18.9. The van der Waals surface area contributed by atoms with Crippen LogP contribution in [0, 0.1) is 0 Å². The first kappa shape index (κ1) is 14.8. The van der Waals surface area contributed by atoms with Crippen molar-refractivity contribution in [1.82, 2.24) is 4.90 Å². The molecule has 0 bridgehead atoms. The highest BCUT2D eigenvalue weighted by Gasteiger charge is 2.38. The second kappa shape index (κ2) is 5.82. The Kier molecular flexibility index (Phi) is 4.11. The van der Waals surface area contributed by atoms with Crippen molar-refractivity contribution in [3.05, 3.63) is 24.3 Å². The van der Waals surface area contributed by atoms with E-state index in [0.29, 0.717) is 11.4 Å². The highest BCUT2D eigenvalue weighted by Crippen LogP contribution is 2.31. The van der Waals surface area contributed by atoms with E-state index in [9.17, 15) is 14.4 Å². The minimum atomic E-state index is -1.21. The molecule has 0 spiro atoms. The molecule has 0 aliphatic carbocycles. The number of benzene rings is 1. The highest BCUT2D eigenvalue weighted by molar-refractivity contribution is 6.06. The van der Waals surface area contributed by atoms with Crippen LogP contribution < -0.4 is 9.64 Å².